The zero-order valence-electron chi connectivity index (χ0n) is 22.9. The highest BCUT2D eigenvalue weighted by Gasteiger charge is 2.40. The summed E-state index contributed by atoms with van der Waals surface area (Å²) in [6.07, 6.45) is 4.28. The summed E-state index contributed by atoms with van der Waals surface area (Å²) < 4.78 is 47.8. The Morgan fingerprint density at radius 2 is 1.83 bits per heavy atom. The first-order valence-electron chi connectivity index (χ1n) is 13.4. The van der Waals surface area contributed by atoms with Crippen LogP contribution in [0.15, 0.2) is 37.1 Å². The molecule has 0 radical (unpaired) electrons. The fourth-order valence-electron chi connectivity index (χ4n) is 5.38. The third kappa shape index (κ3) is 5.17. The monoisotopic (exact) mass is 569 g/mol. The molecule has 0 atom stereocenters. The van der Waals surface area contributed by atoms with Crippen LogP contribution < -0.4 is 0 Å². The minimum absolute atomic E-state index is 0.00355. The smallest absolute Gasteiger partial charge is 0.373 e. The lowest BCUT2D eigenvalue weighted by molar-refractivity contribution is -0.145. The molecule has 1 saturated carbocycles. The second kappa shape index (κ2) is 10.2. The molecule has 1 aliphatic carbocycles. The van der Waals surface area contributed by atoms with Crippen molar-refractivity contribution < 1.29 is 22.7 Å². The zero-order chi connectivity index (χ0) is 28.9. The van der Waals surface area contributed by atoms with Crippen LogP contribution in [0.3, 0.4) is 0 Å². The number of nitrogens with one attached hydrogen (secondary N) is 1. The number of carbonyl (C=O) groups excluding carboxylic acids is 1. The van der Waals surface area contributed by atoms with Crippen molar-refractivity contribution >= 4 is 16.9 Å². The molecule has 0 unspecified atom stereocenters. The molecule has 41 heavy (non-hydrogen) atoms. The van der Waals surface area contributed by atoms with E-state index in [1.807, 2.05) is 29.3 Å². The van der Waals surface area contributed by atoms with Crippen LogP contribution >= 0.6 is 0 Å². The number of H-pyrrole nitrogens is 1. The summed E-state index contributed by atoms with van der Waals surface area (Å²) in [5, 5.41) is 5.53. The van der Waals surface area contributed by atoms with Gasteiger partial charge in [-0.25, -0.2) is 19.9 Å². The highest BCUT2D eigenvalue weighted by atomic mass is 19.4. The van der Waals surface area contributed by atoms with E-state index in [0.29, 0.717) is 32.2 Å². The van der Waals surface area contributed by atoms with Crippen molar-refractivity contribution in [3.63, 3.8) is 0 Å². The minimum atomic E-state index is -4.78. The Morgan fingerprint density at radius 3 is 2.54 bits per heavy atom. The van der Waals surface area contributed by atoms with Crippen LogP contribution in [-0.4, -0.2) is 89.7 Å². The number of nitrogens with zero attached hydrogens (tertiary/aromatic N) is 8. The van der Waals surface area contributed by atoms with E-state index in [1.54, 1.807) is 18.7 Å². The number of rotatable bonds is 6. The van der Waals surface area contributed by atoms with Gasteiger partial charge in [0.1, 0.15) is 23.3 Å². The molecule has 2 fully saturated rings. The molecule has 2 aliphatic rings. The van der Waals surface area contributed by atoms with Crippen molar-refractivity contribution in [1.82, 2.24) is 44.5 Å². The molecule has 1 N–H and O–H groups in total. The summed E-state index contributed by atoms with van der Waals surface area (Å²) in [6.45, 7) is 5.26. The van der Waals surface area contributed by atoms with Crippen molar-refractivity contribution in [1.29, 1.82) is 0 Å². The molecule has 0 spiro atoms. The number of amides is 1. The minimum Gasteiger partial charge on any atom is -0.373 e. The van der Waals surface area contributed by atoms with Gasteiger partial charge in [-0.2, -0.15) is 18.3 Å². The largest absolute Gasteiger partial charge is 0.451 e. The van der Waals surface area contributed by atoms with Gasteiger partial charge in [-0.15, -0.1) is 0 Å². The standard InChI is InChI=1S/C27H30F3N9O2/c1-26(2,41-3)21-12-20(35-25(36-21)27(28,29)30)24(40)38-8-6-37(7-9-38)17-10-18(11-17)39-14-16(13-34-39)22-19-4-5-31-23(19)33-15-32-22/h4-5,12-15,17-18H,6-11H2,1-3H3,(H,31,32,33). The van der Waals surface area contributed by atoms with Gasteiger partial charge in [-0.3, -0.25) is 14.4 Å². The summed E-state index contributed by atoms with van der Waals surface area (Å²) in [5.74, 6) is -1.89. The van der Waals surface area contributed by atoms with Gasteiger partial charge in [0, 0.05) is 62.7 Å². The second-order valence-electron chi connectivity index (χ2n) is 11.0. The van der Waals surface area contributed by atoms with Gasteiger partial charge in [0.25, 0.3) is 5.91 Å². The van der Waals surface area contributed by atoms with Crippen LogP contribution in [0.25, 0.3) is 22.3 Å². The van der Waals surface area contributed by atoms with Crippen LogP contribution in [0.2, 0.25) is 0 Å². The van der Waals surface area contributed by atoms with E-state index in [-0.39, 0.29) is 17.4 Å². The maximum atomic E-state index is 13.5. The molecular formula is C27H30F3N9O2. The lowest BCUT2D eigenvalue weighted by Crippen LogP contribution is -2.55. The highest BCUT2D eigenvalue weighted by molar-refractivity contribution is 5.92. The molecular weight excluding hydrogens is 539 g/mol. The summed E-state index contributed by atoms with van der Waals surface area (Å²) in [4.78, 5) is 36.1. The lowest BCUT2D eigenvalue weighted by Gasteiger charge is -2.46. The number of piperazine rings is 1. The number of alkyl halides is 3. The number of fused-ring (bicyclic) bond motifs is 1. The Kier molecular flexibility index (Phi) is 6.77. The molecule has 5 heterocycles. The van der Waals surface area contributed by atoms with Crippen LogP contribution in [0.1, 0.15) is 54.7 Å². The van der Waals surface area contributed by atoms with E-state index >= 15 is 0 Å². The Morgan fingerprint density at radius 1 is 1.07 bits per heavy atom. The number of ether oxygens (including phenoxy) is 1. The molecule has 11 nitrogen and oxygen atoms in total. The average Bonchev–Trinajstić information content (AvgIpc) is 3.62. The number of aromatic amines is 1. The second-order valence-corrected chi connectivity index (χ2v) is 11.0. The predicted octanol–water partition coefficient (Wildman–Crippen LogP) is 3.67. The van der Waals surface area contributed by atoms with Crippen molar-refractivity contribution in [2.24, 2.45) is 0 Å². The molecule has 14 heteroatoms. The molecule has 4 aromatic heterocycles. The Labute approximate surface area is 233 Å². The normalized spacial score (nSPS) is 20.4. The summed E-state index contributed by atoms with van der Waals surface area (Å²) >= 11 is 0. The molecule has 216 valence electrons. The fourth-order valence-corrected chi connectivity index (χ4v) is 5.38. The van der Waals surface area contributed by atoms with Gasteiger partial charge in [-0.1, -0.05) is 0 Å². The first-order valence-corrected chi connectivity index (χ1v) is 13.4. The number of carbonyl (C=O) groups is 1. The molecule has 1 aliphatic heterocycles. The molecule has 1 amide bonds. The van der Waals surface area contributed by atoms with E-state index in [4.69, 9.17) is 4.74 Å². The third-order valence-electron chi connectivity index (χ3n) is 8.14. The van der Waals surface area contributed by atoms with Gasteiger partial charge >= 0.3 is 6.18 Å². The summed E-state index contributed by atoms with van der Waals surface area (Å²) in [7, 11) is 1.38. The molecule has 4 aromatic rings. The summed E-state index contributed by atoms with van der Waals surface area (Å²) in [5.41, 5.74) is 1.16. The topological polar surface area (TPSA) is 118 Å². The molecule has 0 aromatic carbocycles. The number of aromatic nitrogens is 7. The van der Waals surface area contributed by atoms with Crippen LogP contribution in [0.5, 0.6) is 0 Å². The van der Waals surface area contributed by atoms with Crippen LogP contribution in [0.4, 0.5) is 13.2 Å². The van der Waals surface area contributed by atoms with E-state index in [9.17, 15) is 18.0 Å². The Hall–Kier alpha value is -3.91. The van der Waals surface area contributed by atoms with E-state index in [1.165, 1.54) is 19.5 Å². The Balaban J connectivity index is 1.07. The van der Waals surface area contributed by atoms with Gasteiger partial charge in [0.05, 0.1) is 23.6 Å². The number of methoxy groups -OCH3 is 1. The maximum Gasteiger partial charge on any atom is 0.451 e. The SMILES string of the molecule is COC(C)(C)c1cc(C(=O)N2CCN(C3CC(n4cc(-c5ncnc6[nH]ccc56)cn4)C3)CC2)nc(C(F)(F)F)n1. The van der Waals surface area contributed by atoms with Gasteiger partial charge in [0.2, 0.25) is 5.82 Å². The van der Waals surface area contributed by atoms with Crippen molar-refractivity contribution in [3.05, 3.63) is 54.3 Å². The van der Waals surface area contributed by atoms with E-state index < -0.39 is 23.5 Å². The molecule has 0 bridgehead atoms. The van der Waals surface area contributed by atoms with Gasteiger partial charge in [0.15, 0.2) is 0 Å². The number of hydrogen-bond donors (Lipinski definition) is 1. The number of halogens is 3. The first kappa shape index (κ1) is 27.3. The van der Waals surface area contributed by atoms with E-state index in [0.717, 1.165) is 35.1 Å². The lowest BCUT2D eigenvalue weighted by atomic mass is 9.85. The predicted molar refractivity (Wildman–Crippen MR) is 142 cm³/mol. The Bertz CT molecular complexity index is 1570. The van der Waals surface area contributed by atoms with Crippen molar-refractivity contribution in [2.75, 3.05) is 33.3 Å². The fraction of sp³-hybridized carbons (Fsp3) is 0.481. The van der Waals surface area contributed by atoms with E-state index in [2.05, 4.69) is 34.9 Å². The summed E-state index contributed by atoms with van der Waals surface area (Å²) in [6, 6.07) is 3.86. The highest BCUT2D eigenvalue weighted by Crippen LogP contribution is 2.37. The van der Waals surface area contributed by atoms with Crippen molar-refractivity contribution in [3.8, 4) is 11.3 Å². The third-order valence-corrected chi connectivity index (χ3v) is 8.14. The number of hydrogen-bond acceptors (Lipinski definition) is 8. The zero-order valence-corrected chi connectivity index (χ0v) is 22.9. The quantitative estimate of drug-likeness (QED) is 0.374. The van der Waals surface area contributed by atoms with Crippen molar-refractivity contribution in [2.45, 2.75) is 50.6 Å². The van der Waals surface area contributed by atoms with Crippen LogP contribution in [-0.2, 0) is 16.5 Å². The van der Waals surface area contributed by atoms with Crippen LogP contribution in [0, 0.1) is 0 Å². The average molecular weight is 570 g/mol. The molecule has 1 saturated heterocycles. The first-order chi connectivity index (χ1) is 19.5. The van der Waals surface area contributed by atoms with Gasteiger partial charge < -0.3 is 14.6 Å². The maximum absolute atomic E-state index is 13.5. The molecule has 6 rings (SSSR count). The van der Waals surface area contributed by atoms with Gasteiger partial charge in [-0.05, 0) is 38.8 Å².